The van der Waals surface area contributed by atoms with Gasteiger partial charge in [0.1, 0.15) is 5.56 Å². The van der Waals surface area contributed by atoms with Crippen molar-refractivity contribution in [2.75, 3.05) is 19.0 Å². The van der Waals surface area contributed by atoms with Crippen LogP contribution >= 0.6 is 11.3 Å². The minimum absolute atomic E-state index is 0.119. The average Bonchev–Trinajstić information content (AvgIpc) is 2.95. The molecule has 3 rings (SSSR count). The van der Waals surface area contributed by atoms with Crippen molar-refractivity contribution in [3.05, 3.63) is 44.8 Å². The van der Waals surface area contributed by atoms with Gasteiger partial charge in [0.2, 0.25) is 0 Å². The summed E-state index contributed by atoms with van der Waals surface area (Å²) in [6, 6.07) is 3.13. The van der Waals surface area contributed by atoms with Crippen molar-refractivity contribution >= 4 is 28.5 Å². The van der Waals surface area contributed by atoms with E-state index in [4.69, 9.17) is 0 Å². The summed E-state index contributed by atoms with van der Waals surface area (Å²) in [6.07, 6.45) is 1.48. The van der Waals surface area contributed by atoms with Crippen LogP contribution in [0.3, 0.4) is 0 Å². The lowest BCUT2D eigenvalue weighted by molar-refractivity contribution is 0.0734. The zero-order chi connectivity index (χ0) is 16.4. The number of hydrogen-bond acceptors (Lipinski definition) is 6. The quantitative estimate of drug-likeness (QED) is 0.859. The molecule has 0 bridgehead atoms. The van der Waals surface area contributed by atoms with Crippen molar-refractivity contribution < 1.29 is 14.3 Å². The summed E-state index contributed by atoms with van der Waals surface area (Å²) in [7, 11) is 1.28. The molecule has 0 saturated heterocycles. The lowest BCUT2D eigenvalue weighted by Crippen LogP contribution is -2.38. The van der Waals surface area contributed by atoms with Crippen LogP contribution in [0.4, 0.5) is 9.93 Å². The second kappa shape index (κ2) is 6.21. The van der Waals surface area contributed by atoms with E-state index < -0.39 is 11.7 Å². The topological polar surface area (TPSA) is 104 Å². The SMILES string of the molecule is COC(=O)Nc1nc2c(s1)CN(C(=O)c1ccc[nH]c1=O)CC2. The van der Waals surface area contributed by atoms with Gasteiger partial charge in [-0.1, -0.05) is 11.3 Å². The Labute approximate surface area is 135 Å². The molecule has 2 N–H and O–H groups in total. The molecule has 23 heavy (non-hydrogen) atoms. The number of hydrogen-bond donors (Lipinski definition) is 2. The number of nitrogens with one attached hydrogen (secondary N) is 2. The van der Waals surface area contributed by atoms with Crippen molar-refractivity contribution in [2.45, 2.75) is 13.0 Å². The molecular formula is C14H14N4O4S. The molecule has 0 spiro atoms. The van der Waals surface area contributed by atoms with Gasteiger partial charge in [-0.25, -0.2) is 9.78 Å². The van der Waals surface area contributed by atoms with Gasteiger partial charge in [0.15, 0.2) is 5.13 Å². The lowest BCUT2D eigenvalue weighted by atomic mass is 10.1. The molecule has 1 aliphatic rings. The molecule has 2 aromatic rings. The second-order valence-electron chi connectivity index (χ2n) is 4.90. The molecule has 0 saturated carbocycles. The van der Waals surface area contributed by atoms with Crippen LogP contribution in [-0.2, 0) is 17.7 Å². The third-order valence-corrected chi connectivity index (χ3v) is 4.46. The summed E-state index contributed by atoms with van der Waals surface area (Å²) in [4.78, 5) is 44.7. The highest BCUT2D eigenvalue weighted by Gasteiger charge is 2.26. The molecule has 0 atom stereocenters. The first-order valence-corrected chi connectivity index (χ1v) is 7.70. The summed E-state index contributed by atoms with van der Waals surface area (Å²) in [6.45, 7) is 0.838. The number of ether oxygens (including phenoxy) is 1. The fourth-order valence-corrected chi connectivity index (χ4v) is 3.33. The van der Waals surface area contributed by atoms with Crippen molar-refractivity contribution in [2.24, 2.45) is 0 Å². The summed E-state index contributed by atoms with van der Waals surface area (Å²) in [5.74, 6) is -0.312. The number of nitrogens with zero attached hydrogens (tertiary/aromatic N) is 2. The van der Waals surface area contributed by atoms with Crippen LogP contribution in [0.1, 0.15) is 20.9 Å². The van der Waals surface area contributed by atoms with Crippen LogP contribution in [0.5, 0.6) is 0 Å². The Morgan fingerprint density at radius 1 is 1.48 bits per heavy atom. The highest BCUT2D eigenvalue weighted by molar-refractivity contribution is 7.15. The first kappa shape index (κ1) is 15.2. The third kappa shape index (κ3) is 3.09. The van der Waals surface area contributed by atoms with Crippen LogP contribution in [0.2, 0.25) is 0 Å². The Morgan fingerprint density at radius 3 is 3.04 bits per heavy atom. The Kier molecular flexibility index (Phi) is 4.11. The molecule has 9 heteroatoms. The molecule has 0 radical (unpaired) electrons. The highest BCUT2D eigenvalue weighted by atomic mass is 32.1. The zero-order valence-corrected chi connectivity index (χ0v) is 13.1. The van der Waals surface area contributed by atoms with Gasteiger partial charge in [-0.15, -0.1) is 0 Å². The summed E-state index contributed by atoms with van der Waals surface area (Å²) in [5, 5.41) is 2.96. The Hall–Kier alpha value is -2.68. The first-order valence-electron chi connectivity index (χ1n) is 6.89. The van der Waals surface area contributed by atoms with E-state index >= 15 is 0 Å². The minimum Gasteiger partial charge on any atom is -0.453 e. The van der Waals surface area contributed by atoms with Crippen LogP contribution < -0.4 is 10.9 Å². The fourth-order valence-electron chi connectivity index (χ4n) is 2.32. The fraction of sp³-hybridized carbons (Fsp3) is 0.286. The maximum Gasteiger partial charge on any atom is 0.413 e. The van der Waals surface area contributed by atoms with Crippen molar-refractivity contribution in [1.29, 1.82) is 0 Å². The number of methoxy groups -OCH3 is 1. The molecule has 8 nitrogen and oxygen atoms in total. The van der Waals surface area contributed by atoms with Crippen LogP contribution in [-0.4, -0.2) is 40.5 Å². The summed E-state index contributed by atoms with van der Waals surface area (Å²) < 4.78 is 4.53. The summed E-state index contributed by atoms with van der Waals surface area (Å²) >= 11 is 1.30. The van der Waals surface area contributed by atoms with Gasteiger partial charge in [0.05, 0.1) is 19.3 Å². The number of fused-ring (bicyclic) bond motifs is 1. The van der Waals surface area contributed by atoms with E-state index in [1.165, 1.54) is 30.7 Å². The van der Waals surface area contributed by atoms with Crippen molar-refractivity contribution in [3.8, 4) is 0 Å². The van der Waals surface area contributed by atoms with Gasteiger partial charge in [-0.05, 0) is 12.1 Å². The number of carbonyl (C=O) groups is 2. The molecule has 0 aliphatic carbocycles. The van der Waals surface area contributed by atoms with E-state index in [1.807, 2.05) is 0 Å². The number of anilines is 1. The van der Waals surface area contributed by atoms with E-state index in [1.54, 1.807) is 11.0 Å². The number of thiazole rings is 1. The molecule has 0 aromatic carbocycles. The van der Waals surface area contributed by atoms with E-state index in [-0.39, 0.29) is 11.5 Å². The number of H-pyrrole nitrogens is 1. The predicted molar refractivity (Wildman–Crippen MR) is 83.6 cm³/mol. The number of rotatable bonds is 2. The van der Waals surface area contributed by atoms with E-state index in [2.05, 4.69) is 20.0 Å². The number of carbonyl (C=O) groups excluding carboxylic acids is 2. The van der Waals surface area contributed by atoms with Crippen LogP contribution in [0.15, 0.2) is 23.1 Å². The highest BCUT2D eigenvalue weighted by Crippen LogP contribution is 2.28. The predicted octanol–water partition coefficient (Wildman–Crippen LogP) is 1.21. The Balaban J connectivity index is 1.78. The second-order valence-corrected chi connectivity index (χ2v) is 5.98. The Bertz CT molecular complexity index is 813. The maximum absolute atomic E-state index is 12.5. The van der Waals surface area contributed by atoms with Crippen molar-refractivity contribution in [3.63, 3.8) is 0 Å². The zero-order valence-electron chi connectivity index (χ0n) is 12.3. The number of aromatic nitrogens is 2. The van der Waals surface area contributed by atoms with Gasteiger partial charge < -0.3 is 14.6 Å². The van der Waals surface area contributed by atoms with Gasteiger partial charge >= 0.3 is 6.09 Å². The first-order chi connectivity index (χ1) is 11.1. The Morgan fingerprint density at radius 2 is 2.30 bits per heavy atom. The minimum atomic E-state index is -0.583. The molecular weight excluding hydrogens is 320 g/mol. The van der Waals surface area contributed by atoms with Crippen LogP contribution in [0.25, 0.3) is 0 Å². The smallest absolute Gasteiger partial charge is 0.413 e. The van der Waals surface area contributed by atoms with Gasteiger partial charge in [-0.2, -0.15) is 0 Å². The van der Waals surface area contributed by atoms with Crippen LogP contribution in [0, 0.1) is 0 Å². The van der Waals surface area contributed by atoms with E-state index in [0.717, 1.165) is 10.6 Å². The van der Waals surface area contributed by atoms with Gasteiger partial charge in [0.25, 0.3) is 11.5 Å². The average molecular weight is 334 g/mol. The molecule has 2 amide bonds. The largest absolute Gasteiger partial charge is 0.453 e. The maximum atomic E-state index is 12.5. The lowest BCUT2D eigenvalue weighted by Gasteiger charge is -2.25. The standard InChI is InChI=1S/C14H14N4O4S/c1-22-14(21)17-13-16-9-4-6-18(7-10(9)23-13)12(20)8-3-2-5-15-11(8)19/h2-3,5H,4,6-7H2,1H3,(H,15,19)(H,16,17,21). The third-order valence-electron chi connectivity index (χ3n) is 3.46. The normalized spacial score (nSPS) is 13.3. The van der Waals surface area contributed by atoms with E-state index in [9.17, 15) is 14.4 Å². The van der Waals surface area contributed by atoms with Gasteiger partial charge in [-0.3, -0.25) is 14.9 Å². The number of aromatic amines is 1. The molecule has 0 fully saturated rings. The summed E-state index contributed by atoms with van der Waals surface area (Å²) in [5.41, 5.74) is 0.571. The number of pyridine rings is 1. The van der Waals surface area contributed by atoms with Gasteiger partial charge in [0, 0.05) is 24.0 Å². The van der Waals surface area contributed by atoms with E-state index in [0.29, 0.717) is 24.6 Å². The molecule has 3 heterocycles. The molecule has 0 unspecified atom stereocenters. The molecule has 1 aliphatic heterocycles. The monoisotopic (exact) mass is 334 g/mol. The number of amides is 2. The molecule has 2 aromatic heterocycles. The molecule has 120 valence electrons. The van der Waals surface area contributed by atoms with Crippen molar-refractivity contribution in [1.82, 2.24) is 14.9 Å².